The van der Waals surface area contributed by atoms with Gasteiger partial charge in [0.15, 0.2) is 0 Å². The van der Waals surface area contributed by atoms with E-state index in [1.807, 2.05) is 30.3 Å². The fraction of sp³-hybridized carbons (Fsp3) is 0.320. The molecule has 0 saturated carbocycles. The summed E-state index contributed by atoms with van der Waals surface area (Å²) in [6, 6.07) is 17.7. The van der Waals surface area contributed by atoms with E-state index in [2.05, 4.69) is 43.5 Å². The number of carboxylic acids is 1. The smallest absolute Gasteiger partial charge is 0.305 e. The lowest BCUT2D eigenvalue weighted by molar-refractivity contribution is -0.136. The molecule has 0 aliphatic heterocycles. The molecule has 1 atom stereocenters. The summed E-state index contributed by atoms with van der Waals surface area (Å²) in [6.07, 6.45) is 0.820. The number of hydrogen-bond acceptors (Lipinski definition) is 4. The average molecular weight is 420 g/mol. The van der Waals surface area contributed by atoms with Gasteiger partial charge >= 0.3 is 5.97 Å². The Balaban J connectivity index is 1.79. The second kappa shape index (κ2) is 10.1. The number of aromatic nitrogens is 1. The number of carboxylic acid groups (broad SMARTS) is 1. The van der Waals surface area contributed by atoms with Crippen LogP contribution in [0.3, 0.4) is 0 Å². The number of fused-ring (bicyclic) bond motifs is 1. The minimum absolute atomic E-state index is 0.0523. The quantitative estimate of drug-likeness (QED) is 0.457. The van der Waals surface area contributed by atoms with Crippen LogP contribution in [0.15, 0.2) is 54.6 Å². The first-order valence-electron chi connectivity index (χ1n) is 10.6. The summed E-state index contributed by atoms with van der Waals surface area (Å²) in [5.41, 5.74) is 3.62. The predicted molar refractivity (Wildman–Crippen MR) is 123 cm³/mol. The van der Waals surface area contributed by atoms with E-state index in [9.17, 15) is 9.59 Å². The molecule has 3 aromatic rings. The van der Waals surface area contributed by atoms with Crippen molar-refractivity contribution >= 4 is 28.6 Å². The van der Waals surface area contributed by atoms with Crippen LogP contribution in [-0.2, 0) is 4.79 Å². The topological polar surface area (TPSA) is 91.3 Å². The van der Waals surface area contributed by atoms with Gasteiger partial charge in [0.1, 0.15) is 5.82 Å². The number of benzene rings is 2. The number of pyridine rings is 1. The summed E-state index contributed by atoms with van der Waals surface area (Å²) in [5.74, 6) is 0.126. The number of hydrogen-bond donors (Lipinski definition) is 3. The maximum Gasteiger partial charge on any atom is 0.305 e. The minimum atomic E-state index is -0.934. The molecule has 0 spiro atoms. The Morgan fingerprint density at radius 3 is 2.45 bits per heavy atom. The van der Waals surface area contributed by atoms with Gasteiger partial charge in [0.2, 0.25) is 0 Å². The number of nitrogens with zero attached hydrogens (tertiary/aromatic N) is 1. The zero-order chi connectivity index (χ0) is 22.4. The van der Waals surface area contributed by atoms with Gasteiger partial charge in [-0.2, -0.15) is 0 Å². The summed E-state index contributed by atoms with van der Waals surface area (Å²) >= 11 is 0. The van der Waals surface area contributed by atoms with E-state index in [1.54, 1.807) is 12.1 Å². The number of carbonyl (C=O) groups excluding carboxylic acids is 1. The van der Waals surface area contributed by atoms with Gasteiger partial charge in [-0.1, -0.05) is 44.2 Å². The van der Waals surface area contributed by atoms with Crippen molar-refractivity contribution in [1.82, 2.24) is 10.3 Å². The van der Waals surface area contributed by atoms with Crippen molar-refractivity contribution in [2.45, 2.75) is 39.7 Å². The molecule has 0 radical (unpaired) electrons. The lowest BCUT2D eigenvalue weighted by atomic mass is 9.95. The van der Waals surface area contributed by atoms with E-state index < -0.39 is 5.97 Å². The van der Waals surface area contributed by atoms with Crippen LogP contribution in [0.25, 0.3) is 10.9 Å². The first kappa shape index (κ1) is 22.3. The summed E-state index contributed by atoms with van der Waals surface area (Å²) in [7, 11) is 0. The maximum atomic E-state index is 12.2. The van der Waals surface area contributed by atoms with Gasteiger partial charge in [0.25, 0.3) is 5.91 Å². The van der Waals surface area contributed by atoms with Crippen LogP contribution < -0.4 is 10.6 Å². The third kappa shape index (κ3) is 6.04. The van der Waals surface area contributed by atoms with Gasteiger partial charge in [-0.05, 0) is 54.7 Å². The molecule has 1 amide bonds. The molecular weight excluding hydrogens is 390 g/mol. The Bertz CT molecular complexity index is 1060. The molecule has 1 aromatic heterocycles. The lowest BCUT2D eigenvalue weighted by Crippen LogP contribution is -2.26. The molecule has 6 heteroatoms. The zero-order valence-corrected chi connectivity index (χ0v) is 18.2. The third-order valence-corrected chi connectivity index (χ3v) is 5.13. The molecule has 0 bridgehead atoms. The molecule has 0 unspecified atom stereocenters. The fourth-order valence-corrected chi connectivity index (χ4v) is 3.53. The fourth-order valence-electron chi connectivity index (χ4n) is 3.53. The molecule has 0 fully saturated rings. The average Bonchev–Trinajstić information content (AvgIpc) is 2.73. The molecule has 2 aromatic carbocycles. The maximum absolute atomic E-state index is 12.2. The van der Waals surface area contributed by atoms with E-state index in [-0.39, 0.29) is 24.9 Å². The van der Waals surface area contributed by atoms with Crippen LogP contribution in [-0.4, -0.2) is 28.5 Å². The van der Waals surface area contributed by atoms with Crippen LogP contribution >= 0.6 is 0 Å². The zero-order valence-electron chi connectivity index (χ0n) is 18.2. The molecule has 6 nitrogen and oxygen atoms in total. The van der Waals surface area contributed by atoms with E-state index in [0.717, 1.165) is 34.3 Å². The molecule has 162 valence electrons. The van der Waals surface area contributed by atoms with Gasteiger partial charge in [-0.25, -0.2) is 4.98 Å². The highest BCUT2D eigenvalue weighted by Gasteiger charge is 2.16. The number of para-hydroxylation sites is 1. The molecule has 1 heterocycles. The van der Waals surface area contributed by atoms with Crippen molar-refractivity contribution < 1.29 is 14.7 Å². The van der Waals surface area contributed by atoms with Crippen LogP contribution in [0.2, 0.25) is 0 Å². The standard InChI is InChI=1S/C25H29N3O3/c1-16(2)14-22(28-24-17(3)15-20-6-4-5-7-21(20)27-24)18-8-10-19(11-9-18)25(31)26-13-12-23(29)30/h4-11,15-16,22H,12-14H2,1-3H3,(H,26,31)(H,27,28)(H,29,30)/t22-/m0/s1. The van der Waals surface area contributed by atoms with Crippen molar-refractivity contribution in [2.75, 3.05) is 11.9 Å². The first-order chi connectivity index (χ1) is 14.8. The van der Waals surface area contributed by atoms with Crippen LogP contribution in [0.5, 0.6) is 0 Å². The number of nitrogens with one attached hydrogen (secondary N) is 2. The number of aryl methyl sites for hydroxylation is 1. The van der Waals surface area contributed by atoms with E-state index in [1.165, 1.54) is 0 Å². The van der Waals surface area contributed by atoms with Gasteiger partial charge in [-0.3, -0.25) is 9.59 Å². The van der Waals surface area contributed by atoms with E-state index in [4.69, 9.17) is 10.1 Å². The van der Waals surface area contributed by atoms with Crippen molar-refractivity contribution in [1.29, 1.82) is 0 Å². The molecule has 0 aliphatic rings. The second-order valence-electron chi connectivity index (χ2n) is 8.19. The van der Waals surface area contributed by atoms with Crippen LogP contribution in [0.1, 0.15) is 54.2 Å². The minimum Gasteiger partial charge on any atom is -0.481 e. The van der Waals surface area contributed by atoms with Crippen molar-refractivity contribution in [3.8, 4) is 0 Å². The van der Waals surface area contributed by atoms with Crippen LogP contribution in [0, 0.1) is 12.8 Å². The van der Waals surface area contributed by atoms with E-state index >= 15 is 0 Å². The molecular formula is C25H29N3O3. The highest BCUT2D eigenvalue weighted by atomic mass is 16.4. The second-order valence-corrected chi connectivity index (χ2v) is 8.19. The van der Waals surface area contributed by atoms with Crippen molar-refractivity contribution in [3.63, 3.8) is 0 Å². The SMILES string of the molecule is Cc1cc2ccccc2nc1N[C@@H](CC(C)C)c1ccc(C(=O)NCCC(=O)O)cc1. The summed E-state index contributed by atoms with van der Waals surface area (Å²) in [4.78, 5) is 27.6. The monoisotopic (exact) mass is 419 g/mol. The molecule has 3 N–H and O–H groups in total. The van der Waals surface area contributed by atoms with Crippen molar-refractivity contribution in [3.05, 3.63) is 71.3 Å². The van der Waals surface area contributed by atoms with Crippen LogP contribution in [0.4, 0.5) is 5.82 Å². The van der Waals surface area contributed by atoms with Gasteiger partial charge < -0.3 is 15.7 Å². The van der Waals surface area contributed by atoms with E-state index in [0.29, 0.717) is 11.5 Å². The predicted octanol–water partition coefficient (Wildman–Crippen LogP) is 4.95. The Hall–Kier alpha value is -3.41. The summed E-state index contributed by atoms with van der Waals surface area (Å²) in [5, 5.41) is 16.1. The Morgan fingerprint density at radius 2 is 1.77 bits per heavy atom. The Labute approximate surface area is 182 Å². The van der Waals surface area contributed by atoms with Gasteiger partial charge in [0, 0.05) is 17.5 Å². The lowest BCUT2D eigenvalue weighted by Gasteiger charge is -2.23. The summed E-state index contributed by atoms with van der Waals surface area (Å²) in [6.45, 7) is 6.53. The van der Waals surface area contributed by atoms with Gasteiger partial charge in [-0.15, -0.1) is 0 Å². The number of anilines is 1. The highest BCUT2D eigenvalue weighted by Crippen LogP contribution is 2.28. The summed E-state index contributed by atoms with van der Waals surface area (Å²) < 4.78 is 0. The number of aliphatic carboxylic acids is 1. The Morgan fingerprint density at radius 1 is 1.06 bits per heavy atom. The third-order valence-electron chi connectivity index (χ3n) is 5.13. The largest absolute Gasteiger partial charge is 0.481 e. The molecule has 0 saturated heterocycles. The Kier molecular flexibility index (Phi) is 7.23. The first-order valence-corrected chi connectivity index (χ1v) is 10.6. The van der Waals surface area contributed by atoms with Gasteiger partial charge in [0.05, 0.1) is 18.0 Å². The molecule has 31 heavy (non-hydrogen) atoms. The van der Waals surface area contributed by atoms with Crippen molar-refractivity contribution in [2.24, 2.45) is 5.92 Å². The normalized spacial score (nSPS) is 12.0. The highest BCUT2D eigenvalue weighted by molar-refractivity contribution is 5.94. The number of carbonyl (C=O) groups is 2. The number of amides is 1. The molecule has 3 rings (SSSR count). The number of rotatable bonds is 9. The molecule has 0 aliphatic carbocycles.